The van der Waals surface area contributed by atoms with E-state index in [1.807, 2.05) is 37.3 Å². The van der Waals surface area contributed by atoms with Crippen molar-refractivity contribution >= 4 is 5.78 Å². The van der Waals surface area contributed by atoms with Gasteiger partial charge in [-0.1, -0.05) is 18.2 Å². The van der Waals surface area contributed by atoms with Gasteiger partial charge in [-0.25, -0.2) is 0 Å². The lowest BCUT2D eigenvalue weighted by atomic mass is 10.0. The minimum absolute atomic E-state index is 0.00296. The molecule has 0 fully saturated rings. The molecular weight excluding hydrogens is 226 g/mol. The number of ether oxygens (including phenoxy) is 1. The van der Waals surface area contributed by atoms with Crippen LogP contribution in [0.1, 0.15) is 21.6 Å². The van der Waals surface area contributed by atoms with E-state index in [1.54, 1.807) is 19.4 Å². The van der Waals surface area contributed by atoms with Gasteiger partial charge in [-0.3, -0.25) is 9.78 Å². The molecule has 0 aliphatic carbocycles. The molecular formula is C15H15NO2. The number of carbonyl (C=O) groups is 1. The predicted octanol–water partition coefficient (Wildman–Crippen LogP) is 2.82. The van der Waals surface area contributed by atoms with Gasteiger partial charge in [0.05, 0.1) is 7.11 Å². The molecule has 0 N–H and O–H groups in total. The average molecular weight is 241 g/mol. The first-order chi connectivity index (χ1) is 8.70. The number of rotatable bonds is 4. The van der Waals surface area contributed by atoms with Gasteiger partial charge in [0, 0.05) is 18.2 Å². The summed E-state index contributed by atoms with van der Waals surface area (Å²) in [6, 6.07) is 11.2. The van der Waals surface area contributed by atoms with Crippen LogP contribution >= 0.6 is 0 Å². The molecule has 0 amide bonds. The van der Waals surface area contributed by atoms with E-state index in [1.165, 1.54) is 0 Å². The number of hydrogen-bond donors (Lipinski definition) is 0. The van der Waals surface area contributed by atoms with Gasteiger partial charge in [0.1, 0.15) is 11.4 Å². The van der Waals surface area contributed by atoms with Crippen LogP contribution in [0.5, 0.6) is 5.75 Å². The van der Waals surface area contributed by atoms with Crippen molar-refractivity contribution in [3.05, 3.63) is 59.4 Å². The minimum atomic E-state index is 0.00296. The van der Waals surface area contributed by atoms with E-state index in [0.717, 1.165) is 16.9 Å². The smallest absolute Gasteiger partial charge is 0.185 e. The van der Waals surface area contributed by atoms with E-state index >= 15 is 0 Å². The number of carbonyl (C=O) groups excluding carboxylic acids is 1. The third-order valence-electron chi connectivity index (χ3n) is 2.74. The average Bonchev–Trinajstić information content (AvgIpc) is 2.39. The number of ketones is 1. The van der Waals surface area contributed by atoms with Crippen molar-refractivity contribution in [3.63, 3.8) is 0 Å². The largest absolute Gasteiger partial charge is 0.496 e. The highest BCUT2D eigenvalue weighted by molar-refractivity contribution is 5.96. The van der Waals surface area contributed by atoms with Crippen molar-refractivity contribution < 1.29 is 9.53 Å². The van der Waals surface area contributed by atoms with Gasteiger partial charge in [-0.15, -0.1) is 0 Å². The molecule has 1 heterocycles. The fourth-order valence-electron chi connectivity index (χ4n) is 1.80. The third kappa shape index (κ3) is 2.74. The lowest BCUT2D eigenvalue weighted by Crippen LogP contribution is -2.07. The van der Waals surface area contributed by atoms with E-state index < -0.39 is 0 Å². The second-order valence-electron chi connectivity index (χ2n) is 4.13. The molecule has 0 aliphatic heterocycles. The van der Waals surface area contributed by atoms with Crippen LogP contribution < -0.4 is 4.74 Å². The fourth-order valence-corrected chi connectivity index (χ4v) is 1.80. The highest BCUT2D eigenvalue weighted by atomic mass is 16.5. The van der Waals surface area contributed by atoms with Crippen LogP contribution in [0.25, 0.3) is 0 Å². The van der Waals surface area contributed by atoms with Gasteiger partial charge in [0.2, 0.25) is 0 Å². The molecule has 3 heteroatoms. The van der Waals surface area contributed by atoms with E-state index in [4.69, 9.17) is 4.74 Å². The molecule has 18 heavy (non-hydrogen) atoms. The Kier molecular flexibility index (Phi) is 3.72. The molecule has 3 nitrogen and oxygen atoms in total. The molecule has 2 aromatic rings. The number of Topliss-reactive ketones (excluding diaryl/α,β-unsaturated/α-hetero) is 1. The Morgan fingerprint density at radius 3 is 2.78 bits per heavy atom. The van der Waals surface area contributed by atoms with Gasteiger partial charge in [-0.05, 0) is 30.7 Å². The van der Waals surface area contributed by atoms with Crippen LogP contribution in [0, 0.1) is 6.92 Å². The quantitative estimate of drug-likeness (QED) is 0.773. The minimum Gasteiger partial charge on any atom is -0.496 e. The van der Waals surface area contributed by atoms with Crippen LogP contribution in [0.15, 0.2) is 42.6 Å². The third-order valence-corrected chi connectivity index (χ3v) is 2.74. The molecule has 0 bridgehead atoms. The molecule has 1 aromatic carbocycles. The standard InChI is InChI=1S/C15H15NO2/c1-11-7-8-16-13(9-11)14(17)10-12-5-3-4-6-15(12)18-2/h3-9H,10H2,1-2H3. The van der Waals surface area contributed by atoms with Crippen molar-refractivity contribution in [2.24, 2.45) is 0 Å². The summed E-state index contributed by atoms with van der Waals surface area (Å²) in [5, 5.41) is 0. The SMILES string of the molecule is COc1ccccc1CC(=O)c1cc(C)ccn1. The normalized spacial score (nSPS) is 10.1. The zero-order valence-electron chi connectivity index (χ0n) is 10.5. The van der Waals surface area contributed by atoms with Gasteiger partial charge in [0.25, 0.3) is 0 Å². The lowest BCUT2D eigenvalue weighted by Gasteiger charge is -2.07. The van der Waals surface area contributed by atoms with Gasteiger partial charge < -0.3 is 4.74 Å². The number of benzene rings is 1. The van der Waals surface area contributed by atoms with E-state index in [0.29, 0.717) is 12.1 Å². The van der Waals surface area contributed by atoms with Gasteiger partial charge in [0.15, 0.2) is 5.78 Å². The molecule has 2 rings (SSSR count). The number of nitrogens with zero attached hydrogens (tertiary/aromatic N) is 1. The molecule has 0 radical (unpaired) electrons. The molecule has 1 aromatic heterocycles. The van der Waals surface area contributed by atoms with Gasteiger partial charge in [-0.2, -0.15) is 0 Å². The van der Waals surface area contributed by atoms with E-state index in [-0.39, 0.29) is 5.78 Å². The van der Waals surface area contributed by atoms with E-state index in [9.17, 15) is 4.79 Å². The van der Waals surface area contributed by atoms with E-state index in [2.05, 4.69) is 4.98 Å². The van der Waals surface area contributed by atoms with Crippen molar-refractivity contribution in [2.45, 2.75) is 13.3 Å². The molecule has 0 spiro atoms. The molecule has 0 atom stereocenters. The predicted molar refractivity (Wildman–Crippen MR) is 70.0 cm³/mol. The monoisotopic (exact) mass is 241 g/mol. The Balaban J connectivity index is 2.21. The summed E-state index contributed by atoms with van der Waals surface area (Å²) in [6.07, 6.45) is 1.96. The van der Waals surface area contributed by atoms with Crippen molar-refractivity contribution in [1.29, 1.82) is 0 Å². The van der Waals surface area contributed by atoms with Crippen LogP contribution in [-0.4, -0.2) is 17.9 Å². The highest BCUT2D eigenvalue weighted by Crippen LogP contribution is 2.19. The topological polar surface area (TPSA) is 39.2 Å². The summed E-state index contributed by atoms with van der Waals surface area (Å²) in [7, 11) is 1.61. The molecule has 0 saturated carbocycles. The Morgan fingerprint density at radius 1 is 1.28 bits per heavy atom. The summed E-state index contributed by atoms with van der Waals surface area (Å²) in [5.74, 6) is 0.738. The van der Waals surface area contributed by atoms with Crippen LogP contribution in [0.2, 0.25) is 0 Å². The summed E-state index contributed by atoms with van der Waals surface area (Å²) in [5.41, 5.74) is 2.42. The summed E-state index contributed by atoms with van der Waals surface area (Å²) in [4.78, 5) is 16.2. The first-order valence-electron chi connectivity index (χ1n) is 5.78. The Morgan fingerprint density at radius 2 is 2.06 bits per heavy atom. The number of methoxy groups -OCH3 is 1. The van der Waals surface area contributed by atoms with Crippen LogP contribution in [0.3, 0.4) is 0 Å². The fraction of sp³-hybridized carbons (Fsp3) is 0.200. The van der Waals surface area contributed by atoms with Crippen LogP contribution in [-0.2, 0) is 6.42 Å². The van der Waals surface area contributed by atoms with Crippen LogP contribution in [0.4, 0.5) is 0 Å². The summed E-state index contributed by atoms with van der Waals surface area (Å²) < 4.78 is 5.23. The summed E-state index contributed by atoms with van der Waals surface area (Å²) >= 11 is 0. The first kappa shape index (κ1) is 12.3. The lowest BCUT2D eigenvalue weighted by molar-refractivity contribution is 0.0987. The summed E-state index contributed by atoms with van der Waals surface area (Å²) in [6.45, 7) is 1.95. The second kappa shape index (κ2) is 5.45. The highest BCUT2D eigenvalue weighted by Gasteiger charge is 2.11. The molecule has 92 valence electrons. The first-order valence-corrected chi connectivity index (χ1v) is 5.78. The van der Waals surface area contributed by atoms with Crippen molar-refractivity contribution in [3.8, 4) is 5.75 Å². The number of hydrogen-bond acceptors (Lipinski definition) is 3. The number of para-hydroxylation sites is 1. The molecule has 0 unspecified atom stereocenters. The maximum atomic E-state index is 12.1. The van der Waals surface area contributed by atoms with Crippen molar-refractivity contribution in [1.82, 2.24) is 4.98 Å². The number of pyridine rings is 1. The van der Waals surface area contributed by atoms with Crippen molar-refractivity contribution in [2.75, 3.05) is 7.11 Å². The second-order valence-corrected chi connectivity index (χ2v) is 4.13. The molecule has 0 aliphatic rings. The maximum absolute atomic E-state index is 12.1. The zero-order valence-corrected chi connectivity index (χ0v) is 10.5. The number of aryl methyl sites for hydroxylation is 1. The Labute approximate surface area is 106 Å². The zero-order chi connectivity index (χ0) is 13.0. The maximum Gasteiger partial charge on any atom is 0.185 e. The Bertz CT molecular complexity index is 564. The Hall–Kier alpha value is -2.16. The molecule has 0 saturated heterocycles. The van der Waals surface area contributed by atoms with Gasteiger partial charge >= 0.3 is 0 Å². The number of aromatic nitrogens is 1.